The molecule has 1 unspecified atom stereocenters. The third kappa shape index (κ3) is 8.83. The minimum absolute atomic E-state index is 0. The van der Waals surface area contributed by atoms with Crippen LogP contribution in [0.2, 0.25) is 0 Å². The summed E-state index contributed by atoms with van der Waals surface area (Å²) in [5, 5.41) is 48.7. The van der Waals surface area contributed by atoms with Gasteiger partial charge in [-0.3, -0.25) is 25.0 Å². The molecule has 11 nitrogen and oxygen atoms in total. The van der Waals surface area contributed by atoms with E-state index in [1.807, 2.05) is 36.4 Å². The van der Waals surface area contributed by atoms with Crippen LogP contribution in [0.1, 0.15) is 52.5 Å². The van der Waals surface area contributed by atoms with Gasteiger partial charge in [-0.05, 0) is 41.2 Å². The van der Waals surface area contributed by atoms with Gasteiger partial charge < -0.3 is 20.3 Å². The Labute approximate surface area is 279 Å². The maximum absolute atomic E-state index is 12.4. The number of aromatic carboxylic acids is 1. The van der Waals surface area contributed by atoms with Gasteiger partial charge in [-0.25, -0.2) is 0 Å². The molecule has 41 heavy (non-hydrogen) atoms. The van der Waals surface area contributed by atoms with Crippen LogP contribution in [0.25, 0.3) is 10.8 Å². The first-order chi connectivity index (χ1) is 18.5. The van der Waals surface area contributed by atoms with Crippen molar-refractivity contribution >= 4 is 39.7 Å². The Morgan fingerprint density at radius 1 is 0.854 bits per heavy atom. The summed E-state index contributed by atoms with van der Waals surface area (Å²) in [6.07, 6.45) is 0.577. The average Bonchev–Trinajstić information content (AvgIpc) is 2.93. The van der Waals surface area contributed by atoms with E-state index in [0.717, 1.165) is 16.8 Å². The van der Waals surface area contributed by atoms with Crippen molar-refractivity contribution in [2.75, 3.05) is 5.32 Å². The zero-order chi connectivity index (χ0) is 28.7. The number of nitrogens with zero attached hydrogens (tertiary/aromatic N) is 2. The van der Waals surface area contributed by atoms with Crippen LogP contribution in [-0.4, -0.2) is 21.7 Å². The summed E-state index contributed by atoms with van der Waals surface area (Å²) < 4.78 is 0. The first kappa shape index (κ1) is 35.7. The number of hydrogen-bond donors (Lipinski definition) is 1. The van der Waals surface area contributed by atoms with Crippen LogP contribution in [0, 0.1) is 20.2 Å². The second-order valence-corrected chi connectivity index (χ2v) is 8.52. The predicted molar refractivity (Wildman–Crippen MR) is 141 cm³/mol. The molecule has 4 rings (SSSR count). The van der Waals surface area contributed by atoms with Gasteiger partial charge in [0.15, 0.2) is 0 Å². The zero-order valence-corrected chi connectivity index (χ0v) is 27.0. The van der Waals surface area contributed by atoms with Crippen molar-refractivity contribution in [1.29, 1.82) is 0 Å². The Kier molecular flexibility index (Phi) is 14.1. The van der Waals surface area contributed by atoms with Gasteiger partial charge in [-0.1, -0.05) is 68.4 Å². The van der Waals surface area contributed by atoms with Crippen molar-refractivity contribution < 1.29 is 88.8 Å². The molecule has 0 bridgehead atoms. The molecule has 1 N–H and O–H groups in total. The number of amides is 1. The Bertz CT molecular complexity index is 1570. The van der Waals surface area contributed by atoms with E-state index in [4.69, 9.17) is 0 Å². The molecule has 1 atom stereocenters. The molecule has 0 aliphatic rings. The fourth-order valence-electron chi connectivity index (χ4n) is 3.83. The molecule has 0 radical (unpaired) electrons. The largest absolute Gasteiger partial charge is 1.00 e. The van der Waals surface area contributed by atoms with Crippen molar-refractivity contribution in [2.24, 2.45) is 0 Å². The van der Waals surface area contributed by atoms with E-state index in [9.17, 15) is 40.0 Å². The number of nitrogens with one attached hydrogen (secondary N) is 1. The van der Waals surface area contributed by atoms with Gasteiger partial charge in [0, 0.05) is 28.3 Å². The number of anilines is 1. The summed E-state index contributed by atoms with van der Waals surface area (Å²) in [6, 6.07) is 21.0. The molecular formula is C28H23N3Na2O8. The first-order valence-corrected chi connectivity index (χ1v) is 11.8. The molecule has 4 aromatic carbocycles. The molecule has 200 valence electrons. The fraction of sp³-hybridized carbons (Fsp3) is 0.143. The number of hydrogen-bond acceptors (Lipinski definition) is 8. The normalized spacial score (nSPS) is 10.6. The summed E-state index contributed by atoms with van der Waals surface area (Å²) in [4.78, 5) is 43.1. The molecule has 0 saturated heterocycles. The number of carbonyl (C=O) groups excluding carboxylic acids is 2. The Balaban J connectivity index is 0.000000404. The van der Waals surface area contributed by atoms with Crippen molar-refractivity contribution in [3.05, 3.63) is 116 Å². The number of nitro groups is 2. The Hall–Kier alpha value is -3.32. The number of nitro benzene ring substituents is 2. The molecule has 0 aromatic heterocycles. The summed E-state index contributed by atoms with van der Waals surface area (Å²) in [5.74, 6) is -2.84. The van der Waals surface area contributed by atoms with E-state index in [2.05, 4.69) is 5.32 Å². The topological polar surface area (TPSA) is 179 Å². The summed E-state index contributed by atoms with van der Waals surface area (Å²) in [5.41, 5.74) is -0.457. The molecule has 4 aromatic rings. The summed E-state index contributed by atoms with van der Waals surface area (Å²) >= 11 is 0. The molecule has 13 heteroatoms. The van der Waals surface area contributed by atoms with Gasteiger partial charge in [-0.15, -0.1) is 0 Å². The standard InChI is InChI=1S/C18H13NO3.C10H12N2O5.2Na/c20-17(14-9-3-4-10-15(14)18(21)22)19-16-11-5-7-12-6-1-2-8-13(12)16;1-3-6(2)8-4-7(11(14)15)5-9(10(8)13)12(16)17;;/h1-11H,(H,19,20)(H,21,22);4-6,13H,3H2,1-2H3;;/q;;2*+1/p-2. The number of benzene rings is 4. The summed E-state index contributed by atoms with van der Waals surface area (Å²) in [6.45, 7) is 3.50. The van der Waals surface area contributed by atoms with Gasteiger partial charge in [-0.2, -0.15) is 0 Å². The monoisotopic (exact) mass is 575 g/mol. The molecule has 1 amide bonds. The second-order valence-electron chi connectivity index (χ2n) is 8.52. The maximum atomic E-state index is 12.4. The first-order valence-electron chi connectivity index (χ1n) is 11.8. The molecule has 0 heterocycles. The number of carbonyl (C=O) groups is 2. The van der Waals surface area contributed by atoms with Crippen LogP contribution in [0.4, 0.5) is 17.1 Å². The van der Waals surface area contributed by atoms with E-state index in [0.29, 0.717) is 18.2 Å². The van der Waals surface area contributed by atoms with E-state index in [1.165, 1.54) is 12.1 Å². The van der Waals surface area contributed by atoms with Gasteiger partial charge in [0.05, 0.1) is 21.9 Å². The van der Waals surface area contributed by atoms with Crippen LogP contribution in [0.15, 0.2) is 78.9 Å². The quantitative estimate of drug-likeness (QED) is 0.158. The van der Waals surface area contributed by atoms with E-state index < -0.39 is 38.8 Å². The molecular weight excluding hydrogens is 552 g/mol. The van der Waals surface area contributed by atoms with Crippen molar-refractivity contribution in [3.8, 4) is 5.75 Å². The SMILES string of the molecule is CCC(C)c1cc([N+](=O)[O-])cc([N+](=O)[O-])c1[O-].O=C([O-])c1ccccc1C(=O)Nc1cccc2ccccc12.[Na+].[Na+]. The van der Waals surface area contributed by atoms with Gasteiger partial charge in [0.2, 0.25) is 0 Å². The van der Waals surface area contributed by atoms with Crippen LogP contribution < -0.4 is 74.6 Å². The predicted octanol–water partition coefficient (Wildman–Crippen LogP) is -1.45. The van der Waals surface area contributed by atoms with Gasteiger partial charge >= 0.3 is 59.1 Å². The van der Waals surface area contributed by atoms with Crippen LogP contribution in [0.3, 0.4) is 0 Å². The number of carboxylic acids is 1. The minimum atomic E-state index is -1.37. The Morgan fingerprint density at radius 3 is 2.02 bits per heavy atom. The van der Waals surface area contributed by atoms with Gasteiger partial charge in [0.25, 0.3) is 17.3 Å². The zero-order valence-electron chi connectivity index (χ0n) is 23.0. The molecule has 0 saturated carbocycles. The van der Waals surface area contributed by atoms with Crippen LogP contribution in [0.5, 0.6) is 5.75 Å². The average molecular weight is 575 g/mol. The molecule has 0 fully saturated rings. The van der Waals surface area contributed by atoms with Crippen molar-refractivity contribution in [3.63, 3.8) is 0 Å². The van der Waals surface area contributed by atoms with Crippen LogP contribution in [-0.2, 0) is 0 Å². The number of rotatable bonds is 7. The second kappa shape index (κ2) is 16.2. The fourth-order valence-corrected chi connectivity index (χ4v) is 3.83. The Morgan fingerprint density at radius 2 is 1.44 bits per heavy atom. The van der Waals surface area contributed by atoms with Crippen molar-refractivity contribution in [1.82, 2.24) is 0 Å². The van der Waals surface area contributed by atoms with E-state index >= 15 is 0 Å². The number of carboxylic acid groups (broad SMARTS) is 1. The smallest absolute Gasteiger partial charge is 0.868 e. The maximum Gasteiger partial charge on any atom is 1.00 e. The minimum Gasteiger partial charge on any atom is -0.868 e. The third-order valence-electron chi connectivity index (χ3n) is 6.06. The van der Waals surface area contributed by atoms with E-state index in [-0.39, 0.29) is 81.7 Å². The van der Waals surface area contributed by atoms with E-state index in [1.54, 1.807) is 32.0 Å². The van der Waals surface area contributed by atoms with Crippen molar-refractivity contribution in [2.45, 2.75) is 26.2 Å². The number of fused-ring (bicyclic) bond motifs is 1. The summed E-state index contributed by atoms with van der Waals surface area (Å²) in [7, 11) is 0. The molecule has 0 aliphatic carbocycles. The number of non-ortho nitro benzene ring substituents is 1. The third-order valence-corrected chi connectivity index (χ3v) is 6.06. The van der Waals surface area contributed by atoms with Crippen LogP contribution >= 0.6 is 0 Å². The van der Waals surface area contributed by atoms with Gasteiger partial charge in [0.1, 0.15) is 0 Å². The molecule has 0 aliphatic heterocycles. The molecule has 0 spiro atoms.